The zero-order chi connectivity index (χ0) is 13.1. The van der Waals surface area contributed by atoms with Crippen LogP contribution in [0.4, 0.5) is 5.95 Å². The number of hydrogen-bond donors (Lipinski definition) is 1. The average Bonchev–Trinajstić information content (AvgIpc) is 3.02. The number of rotatable bonds is 4. The number of aromatic nitrogens is 4. The van der Waals surface area contributed by atoms with E-state index in [4.69, 9.17) is 0 Å². The Morgan fingerprint density at radius 1 is 1.26 bits per heavy atom. The molecule has 0 saturated heterocycles. The number of nitrogens with zero attached hydrogens (tertiary/aromatic N) is 4. The minimum Gasteiger partial charge on any atom is -0.353 e. The number of anilines is 1. The van der Waals surface area contributed by atoms with Crippen molar-refractivity contribution in [1.29, 1.82) is 0 Å². The van der Waals surface area contributed by atoms with Crippen molar-refractivity contribution in [2.75, 3.05) is 5.32 Å². The number of nitrogens with one attached hydrogen (secondary N) is 1. The van der Waals surface area contributed by atoms with E-state index >= 15 is 0 Å². The third-order valence-corrected chi connectivity index (χ3v) is 3.91. The molecule has 0 aromatic carbocycles. The Kier molecular flexibility index (Phi) is 3.53. The molecule has 1 aliphatic carbocycles. The first-order chi connectivity index (χ1) is 9.33. The van der Waals surface area contributed by atoms with Gasteiger partial charge in [0.05, 0.1) is 12.2 Å². The summed E-state index contributed by atoms with van der Waals surface area (Å²) in [6, 6.07) is 2.63. The highest BCUT2D eigenvalue weighted by Gasteiger charge is 2.15. The van der Waals surface area contributed by atoms with Gasteiger partial charge in [-0.1, -0.05) is 19.3 Å². The van der Waals surface area contributed by atoms with Crippen LogP contribution in [0.5, 0.6) is 0 Å². The normalized spacial score (nSPS) is 16.7. The Bertz CT molecular complexity index is 521. The summed E-state index contributed by atoms with van der Waals surface area (Å²) in [5.74, 6) is 0.980. The van der Waals surface area contributed by atoms with Crippen LogP contribution >= 0.6 is 0 Å². The van der Waals surface area contributed by atoms with Crippen LogP contribution in [0.15, 0.2) is 24.7 Å². The Morgan fingerprint density at radius 2 is 2.11 bits per heavy atom. The number of imidazole rings is 1. The van der Waals surface area contributed by atoms with Gasteiger partial charge in [-0.05, 0) is 18.9 Å². The van der Waals surface area contributed by atoms with E-state index < -0.39 is 0 Å². The standard InChI is InChI=1S/C14H21N5/c1-18-13(7-8-16-18)11-19-10-9-15-14(19)17-12-5-3-2-4-6-12/h7-10,12H,2-6,11H2,1H3,(H,15,17). The van der Waals surface area contributed by atoms with Crippen molar-refractivity contribution < 1.29 is 0 Å². The quantitative estimate of drug-likeness (QED) is 0.917. The minimum absolute atomic E-state index is 0.585. The average molecular weight is 259 g/mol. The first-order valence-electron chi connectivity index (χ1n) is 7.07. The molecule has 3 rings (SSSR count). The molecule has 2 heterocycles. The summed E-state index contributed by atoms with van der Waals surface area (Å²) in [7, 11) is 1.97. The van der Waals surface area contributed by atoms with E-state index in [1.807, 2.05) is 36.4 Å². The molecule has 2 aromatic rings. The molecule has 1 N–H and O–H groups in total. The van der Waals surface area contributed by atoms with Gasteiger partial charge in [0.15, 0.2) is 0 Å². The molecule has 2 aromatic heterocycles. The predicted octanol–water partition coefficient (Wildman–Crippen LogP) is 2.41. The first kappa shape index (κ1) is 12.3. The van der Waals surface area contributed by atoms with Crippen molar-refractivity contribution in [3.63, 3.8) is 0 Å². The van der Waals surface area contributed by atoms with Crippen molar-refractivity contribution in [3.8, 4) is 0 Å². The van der Waals surface area contributed by atoms with Gasteiger partial charge in [0.1, 0.15) is 0 Å². The molecular weight excluding hydrogens is 238 g/mol. The molecule has 0 bridgehead atoms. The van der Waals surface area contributed by atoms with E-state index in [9.17, 15) is 0 Å². The SMILES string of the molecule is Cn1nccc1Cn1ccnc1NC1CCCCC1. The molecule has 0 unspecified atom stereocenters. The molecule has 0 radical (unpaired) electrons. The summed E-state index contributed by atoms with van der Waals surface area (Å²) in [4.78, 5) is 4.44. The van der Waals surface area contributed by atoms with Gasteiger partial charge in [-0.25, -0.2) is 4.98 Å². The van der Waals surface area contributed by atoms with Gasteiger partial charge in [-0.3, -0.25) is 4.68 Å². The first-order valence-corrected chi connectivity index (χ1v) is 7.07. The molecule has 0 aliphatic heterocycles. The van der Waals surface area contributed by atoms with E-state index in [1.165, 1.54) is 37.8 Å². The highest BCUT2D eigenvalue weighted by Crippen LogP contribution is 2.21. The lowest BCUT2D eigenvalue weighted by atomic mass is 9.96. The Balaban J connectivity index is 1.69. The van der Waals surface area contributed by atoms with Crippen molar-refractivity contribution in [1.82, 2.24) is 19.3 Å². The lowest BCUT2D eigenvalue weighted by Crippen LogP contribution is -2.24. The van der Waals surface area contributed by atoms with Gasteiger partial charge < -0.3 is 9.88 Å². The summed E-state index contributed by atoms with van der Waals surface area (Å²) in [5.41, 5.74) is 1.18. The largest absolute Gasteiger partial charge is 0.353 e. The number of aryl methyl sites for hydroxylation is 1. The van der Waals surface area contributed by atoms with Crippen molar-refractivity contribution in [2.45, 2.75) is 44.7 Å². The van der Waals surface area contributed by atoms with E-state index in [0.717, 1.165) is 12.5 Å². The summed E-state index contributed by atoms with van der Waals surface area (Å²) in [5, 5.41) is 7.79. The zero-order valence-electron chi connectivity index (χ0n) is 11.4. The maximum absolute atomic E-state index is 4.44. The van der Waals surface area contributed by atoms with Gasteiger partial charge >= 0.3 is 0 Å². The second kappa shape index (κ2) is 5.47. The van der Waals surface area contributed by atoms with Crippen LogP contribution in [0.25, 0.3) is 0 Å². The molecule has 19 heavy (non-hydrogen) atoms. The lowest BCUT2D eigenvalue weighted by molar-refractivity contribution is 0.459. The molecule has 0 amide bonds. The summed E-state index contributed by atoms with van der Waals surface area (Å²) >= 11 is 0. The molecule has 102 valence electrons. The van der Waals surface area contributed by atoms with Crippen LogP contribution in [0.3, 0.4) is 0 Å². The topological polar surface area (TPSA) is 47.7 Å². The highest BCUT2D eigenvalue weighted by atomic mass is 15.3. The van der Waals surface area contributed by atoms with Crippen LogP contribution in [0.1, 0.15) is 37.8 Å². The summed E-state index contributed by atoms with van der Waals surface area (Å²) in [6.45, 7) is 0.811. The molecule has 1 aliphatic rings. The summed E-state index contributed by atoms with van der Waals surface area (Å²) in [6.07, 6.45) is 12.3. The molecular formula is C14H21N5. The van der Waals surface area contributed by atoms with Crippen LogP contribution in [0, 0.1) is 0 Å². The molecule has 5 nitrogen and oxygen atoms in total. The monoisotopic (exact) mass is 259 g/mol. The second-order valence-electron chi connectivity index (χ2n) is 5.30. The smallest absolute Gasteiger partial charge is 0.203 e. The fraction of sp³-hybridized carbons (Fsp3) is 0.571. The van der Waals surface area contributed by atoms with Crippen LogP contribution in [-0.2, 0) is 13.6 Å². The summed E-state index contributed by atoms with van der Waals surface area (Å²) < 4.78 is 4.07. The van der Waals surface area contributed by atoms with Crippen molar-refractivity contribution >= 4 is 5.95 Å². The van der Waals surface area contributed by atoms with Gasteiger partial charge in [-0.2, -0.15) is 5.10 Å². The number of hydrogen-bond acceptors (Lipinski definition) is 3. The third-order valence-electron chi connectivity index (χ3n) is 3.91. The van der Waals surface area contributed by atoms with Gasteiger partial charge in [0, 0.05) is 31.7 Å². The molecule has 1 fully saturated rings. The zero-order valence-corrected chi connectivity index (χ0v) is 11.4. The molecule has 0 atom stereocenters. The molecule has 1 saturated carbocycles. The van der Waals surface area contributed by atoms with Crippen LogP contribution in [-0.4, -0.2) is 25.4 Å². The maximum Gasteiger partial charge on any atom is 0.203 e. The molecule has 0 spiro atoms. The van der Waals surface area contributed by atoms with E-state index in [0.29, 0.717) is 6.04 Å². The Morgan fingerprint density at radius 3 is 2.84 bits per heavy atom. The maximum atomic E-state index is 4.44. The van der Waals surface area contributed by atoms with Crippen LogP contribution < -0.4 is 5.32 Å². The van der Waals surface area contributed by atoms with Crippen molar-refractivity contribution in [3.05, 3.63) is 30.4 Å². The van der Waals surface area contributed by atoms with E-state index in [-0.39, 0.29) is 0 Å². The lowest BCUT2D eigenvalue weighted by Gasteiger charge is -2.23. The Labute approximate surface area is 113 Å². The van der Waals surface area contributed by atoms with E-state index in [1.54, 1.807) is 0 Å². The van der Waals surface area contributed by atoms with Gasteiger partial charge in [0.2, 0.25) is 5.95 Å². The Hall–Kier alpha value is -1.78. The van der Waals surface area contributed by atoms with Gasteiger partial charge in [0.25, 0.3) is 0 Å². The minimum atomic E-state index is 0.585. The second-order valence-corrected chi connectivity index (χ2v) is 5.30. The molecule has 5 heteroatoms. The predicted molar refractivity (Wildman–Crippen MR) is 75.0 cm³/mol. The fourth-order valence-electron chi connectivity index (χ4n) is 2.74. The van der Waals surface area contributed by atoms with Gasteiger partial charge in [-0.15, -0.1) is 0 Å². The van der Waals surface area contributed by atoms with Crippen molar-refractivity contribution in [2.24, 2.45) is 7.05 Å². The fourth-order valence-corrected chi connectivity index (χ4v) is 2.74. The van der Waals surface area contributed by atoms with E-state index in [2.05, 4.69) is 20.0 Å². The van der Waals surface area contributed by atoms with Crippen LogP contribution in [0.2, 0.25) is 0 Å². The third kappa shape index (κ3) is 2.80. The highest BCUT2D eigenvalue weighted by molar-refractivity contribution is 5.28.